The van der Waals surface area contributed by atoms with Crippen LogP contribution in [0.4, 0.5) is 4.39 Å². The summed E-state index contributed by atoms with van der Waals surface area (Å²) in [5.41, 5.74) is -0.146. The van der Waals surface area contributed by atoms with Crippen LogP contribution in [0.3, 0.4) is 0 Å². The molecule has 0 saturated carbocycles. The van der Waals surface area contributed by atoms with Gasteiger partial charge in [-0.25, -0.2) is 4.39 Å². The first-order chi connectivity index (χ1) is 8.99. The molecule has 0 aromatic carbocycles. The number of carbonyl (C=O) groups is 1. The zero-order valence-corrected chi connectivity index (χ0v) is 11.4. The fourth-order valence-electron chi connectivity index (χ4n) is 1.70. The van der Waals surface area contributed by atoms with Crippen molar-refractivity contribution in [2.75, 3.05) is 6.54 Å². The maximum Gasteiger partial charge on any atom is 0.220 e. The molecule has 1 rings (SSSR count). The third-order valence-corrected chi connectivity index (χ3v) is 3.33. The Labute approximate surface area is 113 Å². The number of pyridine rings is 1. The van der Waals surface area contributed by atoms with E-state index in [0.29, 0.717) is 24.8 Å². The Balaban J connectivity index is 2.36. The predicted molar refractivity (Wildman–Crippen MR) is 71.1 cm³/mol. The molecule has 0 atom stereocenters. The van der Waals surface area contributed by atoms with E-state index in [1.807, 2.05) is 13.8 Å². The summed E-state index contributed by atoms with van der Waals surface area (Å²) >= 11 is 0. The first-order valence-corrected chi connectivity index (χ1v) is 6.57. The number of rotatable bonds is 7. The molecule has 0 unspecified atom stereocenters. The highest BCUT2D eigenvalue weighted by Crippen LogP contribution is 2.13. The van der Waals surface area contributed by atoms with Gasteiger partial charge in [0, 0.05) is 19.2 Å². The highest BCUT2D eigenvalue weighted by molar-refractivity contribution is 5.76. The van der Waals surface area contributed by atoms with E-state index in [0.717, 1.165) is 6.20 Å². The number of nitrogens with one attached hydrogen (secondary N) is 1. The molecule has 1 aromatic rings. The van der Waals surface area contributed by atoms with Crippen molar-refractivity contribution in [3.05, 3.63) is 29.8 Å². The van der Waals surface area contributed by atoms with Gasteiger partial charge in [-0.05, 0) is 30.9 Å². The molecule has 0 fully saturated rings. The largest absolute Gasteiger partial charge is 0.388 e. The zero-order valence-electron chi connectivity index (χ0n) is 11.4. The van der Waals surface area contributed by atoms with E-state index in [1.54, 1.807) is 6.20 Å². The molecule has 0 radical (unpaired) electrons. The summed E-state index contributed by atoms with van der Waals surface area (Å²) in [5.74, 6) is -0.547. The van der Waals surface area contributed by atoms with Crippen LogP contribution >= 0.6 is 0 Å². The van der Waals surface area contributed by atoms with Crippen molar-refractivity contribution in [3.63, 3.8) is 0 Å². The Kier molecular flexibility index (Phi) is 5.89. The van der Waals surface area contributed by atoms with E-state index in [1.165, 1.54) is 6.07 Å². The Morgan fingerprint density at radius 1 is 1.42 bits per heavy atom. The minimum Gasteiger partial charge on any atom is -0.388 e. The summed E-state index contributed by atoms with van der Waals surface area (Å²) in [7, 11) is 0. The van der Waals surface area contributed by atoms with Crippen LogP contribution in [-0.2, 0) is 11.2 Å². The van der Waals surface area contributed by atoms with Gasteiger partial charge in [0.1, 0.15) is 5.82 Å². The van der Waals surface area contributed by atoms with E-state index in [9.17, 15) is 14.3 Å². The smallest absolute Gasteiger partial charge is 0.220 e. The van der Waals surface area contributed by atoms with Gasteiger partial charge in [0.05, 0.1) is 11.8 Å². The molecule has 0 bridgehead atoms. The fraction of sp³-hybridized carbons (Fsp3) is 0.571. The molecule has 1 heterocycles. The molecule has 19 heavy (non-hydrogen) atoms. The fourth-order valence-corrected chi connectivity index (χ4v) is 1.70. The van der Waals surface area contributed by atoms with Crippen molar-refractivity contribution >= 4 is 5.91 Å². The van der Waals surface area contributed by atoms with Crippen LogP contribution in [0.25, 0.3) is 0 Å². The van der Waals surface area contributed by atoms with Gasteiger partial charge in [-0.15, -0.1) is 0 Å². The lowest BCUT2D eigenvalue weighted by atomic mass is 9.97. The summed E-state index contributed by atoms with van der Waals surface area (Å²) in [6.07, 6.45) is 4.56. The van der Waals surface area contributed by atoms with Crippen molar-refractivity contribution in [2.45, 2.75) is 45.1 Å². The maximum absolute atomic E-state index is 12.9. The molecule has 106 valence electrons. The average Bonchev–Trinajstić information content (AvgIpc) is 2.42. The van der Waals surface area contributed by atoms with E-state index in [2.05, 4.69) is 10.3 Å². The quantitative estimate of drug-likeness (QED) is 0.793. The summed E-state index contributed by atoms with van der Waals surface area (Å²) in [5, 5.41) is 12.7. The number of carbonyl (C=O) groups excluding carboxylic acids is 1. The zero-order chi connectivity index (χ0) is 14.3. The van der Waals surface area contributed by atoms with Gasteiger partial charge in [-0.1, -0.05) is 13.8 Å². The molecule has 0 spiro atoms. The van der Waals surface area contributed by atoms with Crippen LogP contribution in [0.5, 0.6) is 0 Å². The number of aliphatic hydroxyl groups is 1. The molecule has 0 aliphatic carbocycles. The standard InChI is InChI=1S/C14H21FN2O2/c1-3-14(19,4-2)10-17-13(18)6-5-11-7-12(15)9-16-8-11/h7-9,19H,3-6,10H2,1-2H3,(H,17,18). The first-order valence-electron chi connectivity index (χ1n) is 6.57. The van der Waals surface area contributed by atoms with Gasteiger partial charge in [0.25, 0.3) is 0 Å². The van der Waals surface area contributed by atoms with Gasteiger partial charge in [-0.2, -0.15) is 0 Å². The highest BCUT2D eigenvalue weighted by atomic mass is 19.1. The highest BCUT2D eigenvalue weighted by Gasteiger charge is 2.22. The van der Waals surface area contributed by atoms with Gasteiger partial charge in [-0.3, -0.25) is 9.78 Å². The number of amides is 1. The van der Waals surface area contributed by atoms with E-state index in [4.69, 9.17) is 0 Å². The normalized spacial score (nSPS) is 11.4. The van der Waals surface area contributed by atoms with Crippen LogP contribution in [0.15, 0.2) is 18.5 Å². The summed E-state index contributed by atoms with van der Waals surface area (Å²) in [6.45, 7) is 4.02. The molecule has 2 N–H and O–H groups in total. The third-order valence-electron chi connectivity index (χ3n) is 3.33. The molecule has 5 heteroatoms. The molecule has 0 saturated heterocycles. The Hall–Kier alpha value is -1.49. The van der Waals surface area contributed by atoms with Crippen molar-refractivity contribution in [1.29, 1.82) is 0 Å². The van der Waals surface area contributed by atoms with Crippen molar-refractivity contribution in [3.8, 4) is 0 Å². The number of aromatic nitrogens is 1. The lowest BCUT2D eigenvalue weighted by Gasteiger charge is -2.25. The van der Waals surface area contributed by atoms with E-state index in [-0.39, 0.29) is 18.9 Å². The van der Waals surface area contributed by atoms with Gasteiger partial charge in [0.2, 0.25) is 5.91 Å². The Morgan fingerprint density at radius 3 is 2.68 bits per heavy atom. The van der Waals surface area contributed by atoms with Crippen LogP contribution in [-0.4, -0.2) is 28.1 Å². The van der Waals surface area contributed by atoms with E-state index >= 15 is 0 Å². The molecular formula is C14H21FN2O2. The van der Waals surface area contributed by atoms with Crippen molar-refractivity contribution in [2.24, 2.45) is 0 Å². The van der Waals surface area contributed by atoms with E-state index < -0.39 is 11.4 Å². The summed E-state index contributed by atoms with van der Waals surface area (Å²) in [6, 6.07) is 1.37. The number of hydrogen-bond acceptors (Lipinski definition) is 3. The number of hydrogen-bond donors (Lipinski definition) is 2. The number of halogens is 1. The van der Waals surface area contributed by atoms with Gasteiger partial charge in [0.15, 0.2) is 0 Å². The SMILES string of the molecule is CCC(O)(CC)CNC(=O)CCc1cncc(F)c1. The lowest BCUT2D eigenvalue weighted by Crippen LogP contribution is -2.42. The lowest BCUT2D eigenvalue weighted by molar-refractivity contribution is -0.122. The Morgan fingerprint density at radius 2 is 2.11 bits per heavy atom. The molecule has 1 amide bonds. The Bertz CT molecular complexity index is 420. The minimum absolute atomic E-state index is 0.149. The molecule has 0 aliphatic rings. The minimum atomic E-state index is -0.837. The van der Waals surface area contributed by atoms with Crippen LogP contribution in [0.2, 0.25) is 0 Å². The van der Waals surface area contributed by atoms with Crippen LogP contribution in [0.1, 0.15) is 38.7 Å². The summed E-state index contributed by atoms with van der Waals surface area (Å²) in [4.78, 5) is 15.4. The average molecular weight is 268 g/mol. The van der Waals surface area contributed by atoms with Crippen molar-refractivity contribution in [1.82, 2.24) is 10.3 Å². The van der Waals surface area contributed by atoms with Gasteiger partial charge >= 0.3 is 0 Å². The predicted octanol–water partition coefficient (Wildman–Crippen LogP) is 1.82. The third kappa shape index (κ3) is 5.34. The van der Waals surface area contributed by atoms with Crippen LogP contribution < -0.4 is 5.32 Å². The number of nitrogens with zero attached hydrogens (tertiary/aromatic N) is 1. The maximum atomic E-state index is 12.9. The number of aryl methyl sites for hydroxylation is 1. The molecule has 0 aliphatic heterocycles. The monoisotopic (exact) mass is 268 g/mol. The second kappa shape index (κ2) is 7.19. The molecular weight excluding hydrogens is 247 g/mol. The van der Waals surface area contributed by atoms with Crippen LogP contribution in [0, 0.1) is 5.82 Å². The molecule has 1 aromatic heterocycles. The summed E-state index contributed by atoms with van der Waals surface area (Å²) < 4.78 is 12.9. The molecule has 4 nitrogen and oxygen atoms in total. The van der Waals surface area contributed by atoms with Gasteiger partial charge < -0.3 is 10.4 Å². The second-order valence-corrected chi connectivity index (χ2v) is 4.72. The topological polar surface area (TPSA) is 62.2 Å². The van der Waals surface area contributed by atoms with Crippen molar-refractivity contribution < 1.29 is 14.3 Å². The first kappa shape index (κ1) is 15.6. The second-order valence-electron chi connectivity index (χ2n) is 4.72.